The van der Waals surface area contributed by atoms with E-state index in [2.05, 4.69) is 20.7 Å². The van der Waals surface area contributed by atoms with Gasteiger partial charge >= 0.3 is 0 Å². The molecule has 0 aromatic carbocycles. The zero-order chi connectivity index (χ0) is 16.4. The van der Waals surface area contributed by atoms with Gasteiger partial charge in [0.25, 0.3) is 5.91 Å². The summed E-state index contributed by atoms with van der Waals surface area (Å²) in [5.41, 5.74) is 0.351. The van der Waals surface area contributed by atoms with Crippen molar-refractivity contribution in [2.75, 3.05) is 0 Å². The van der Waals surface area contributed by atoms with Crippen LogP contribution in [0.2, 0.25) is 0 Å². The Hall–Kier alpha value is -2.18. The molecule has 1 N–H and O–H groups in total. The van der Waals surface area contributed by atoms with Gasteiger partial charge < -0.3 is 9.73 Å². The van der Waals surface area contributed by atoms with Crippen molar-refractivity contribution in [3.63, 3.8) is 0 Å². The van der Waals surface area contributed by atoms with Crippen LogP contribution in [0.25, 0.3) is 0 Å². The van der Waals surface area contributed by atoms with E-state index in [1.54, 1.807) is 6.07 Å². The lowest BCUT2D eigenvalue weighted by Gasteiger charge is -2.61. The molecule has 2 aromatic rings. The first-order valence-corrected chi connectivity index (χ1v) is 8.68. The van der Waals surface area contributed by atoms with E-state index in [9.17, 15) is 4.79 Å². The van der Waals surface area contributed by atoms with E-state index in [0.29, 0.717) is 23.2 Å². The molecular formula is C17H21N5O2. The van der Waals surface area contributed by atoms with Gasteiger partial charge in [-0.15, -0.1) is 10.2 Å². The number of nitrogens with one attached hydrogen (secondary N) is 1. The predicted molar refractivity (Wildman–Crippen MR) is 84.1 cm³/mol. The van der Waals surface area contributed by atoms with Gasteiger partial charge in [-0.25, -0.2) is 0 Å². The van der Waals surface area contributed by atoms with Crippen molar-refractivity contribution in [2.45, 2.75) is 56.5 Å². The van der Waals surface area contributed by atoms with Crippen LogP contribution in [-0.4, -0.2) is 31.7 Å². The first-order chi connectivity index (χ1) is 11.6. The first kappa shape index (κ1) is 14.2. The largest absolute Gasteiger partial charge is 0.472 e. The molecule has 2 heterocycles. The number of carbonyl (C=O) groups excluding carboxylic acids is 1. The summed E-state index contributed by atoms with van der Waals surface area (Å²) in [4.78, 5) is 14.5. The Morgan fingerprint density at radius 1 is 1.33 bits per heavy atom. The van der Waals surface area contributed by atoms with Gasteiger partial charge in [0.05, 0.1) is 17.4 Å². The van der Waals surface area contributed by atoms with E-state index in [1.165, 1.54) is 18.9 Å². The summed E-state index contributed by atoms with van der Waals surface area (Å²) in [6, 6.07) is 1.72. The Bertz CT molecular complexity index is 767. The summed E-state index contributed by atoms with van der Waals surface area (Å²) in [6.45, 7) is 1.88. The van der Waals surface area contributed by atoms with E-state index in [-0.39, 0.29) is 17.0 Å². The molecule has 0 unspecified atom stereocenters. The predicted octanol–water partition coefficient (Wildman–Crippen LogP) is 2.05. The van der Waals surface area contributed by atoms with Gasteiger partial charge in [0, 0.05) is 5.54 Å². The number of amides is 1. The van der Waals surface area contributed by atoms with Crippen molar-refractivity contribution in [3.8, 4) is 0 Å². The SMILES string of the molecule is Cc1nnn(C23C[C@@H]4C[C@H](CC(NC(=O)c5ccoc5)(C4)C2)C3)n1. The minimum absolute atomic E-state index is 0.0384. The third kappa shape index (κ3) is 2.03. The van der Waals surface area contributed by atoms with Crippen LogP contribution < -0.4 is 5.32 Å². The molecule has 2 aromatic heterocycles. The average molecular weight is 327 g/mol. The summed E-state index contributed by atoms with van der Waals surface area (Å²) in [5.74, 6) is 1.93. The molecule has 2 atom stereocenters. The normalized spacial score (nSPS) is 36.9. The second-order valence-corrected chi connectivity index (χ2v) is 8.06. The summed E-state index contributed by atoms with van der Waals surface area (Å²) in [5, 5.41) is 16.3. The molecule has 1 amide bonds. The Balaban J connectivity index is 1.48. The van der Waals surface area contributed by atoms with Crippen molar-refractivity contribution >= 4 is 5.91 Å². The van der Waals surface area contributed by atoms with Crippen molar-refractivity contribution in [1.29, 1.82) is 0 Å². The van der Waals surface area contributed by atoms with Gasteiger partial charge in [0.15, 0.2) is 5.82 Å². The Morgan fingerprint density at radius 2 is 2.12 bits per heavy atom. The number of hydrogen-bond acceptors (Lipinski definition) is 5. The smallest absolute Gasteiger partial charge is 0.254 e. The van der Waals surface area contributed by atoms with Crippen LogP contribution in [0.5, 0.6) is 0 Å². The van der Waals surface area contributed by atoms with Crippen LogP contribution in [0.15, 0.2) is 23.0 Å². The number of nitrogens with zero attached hydrogens (tertiary/aromatic N) is 4. The maximum Gasteiger partial charge on any atom is 0.254 e. The maximum absolute atomic E-state index is 12.6. The lowest BCUT2D eigenvalue weighted by atomic mass is 9.50. The fourth-order valence-corrected chi connectivity index (χ4v) is 5.79. The van der Waals surface area contributed by atoms with Crippen molar-refractivity contribution in [3.05, 3.63) is 30.0 Å². The molecule has 4 saturated carbocycles. The third-order valence-corrected chi connectivity index (χ3v) is 6.13. The minimum atomic E-state index is -0.153. The van der Waals surface area contributed by atoms with E-state index in [0.717, 1.165) is 32.1 Å². The van der Waals surface area contributed by atoms with Crippen LogP contribution in [-0.2, 0) is 5.54 Å². The molecule has 6 rings (SSSR count). The van der Waals surface area contributed by atoms with Crippen molar-refractivity contribution < 1.29 is 9.21 Å². The van der Waals surface area contributed by atoms with Gasteiger partial charge in [0.2, 0.25) is 0 Å². The van der Waals surface area contributed by atoms with E-state index < -0.39 is 0 Å². The number of furan rings is 1. The number of hydrogen-bond donors (Lipinski definition) is 1. The van der Waals surface area contributed by atoms with Crippen molar-refractivity contribution in [1.82, 2.24) is 25.5 Å². The molecule has 7 heteroatoms. The highest BCUT2D eigenvalue weighted by atomic mass is 16.3. The van der Waals surface area contributed by atoms with Gasteiger partial charge in [-0.1, -0.05) is 0 Å². The van der Waals surface area contributed by atoms with Gasteiger partial charge in [-0.3, -0.25) is 4.79 Å². The Morgan fingerprint density at radius 3 is 2.75 bits per heavy atom. The number of carbonyl (C=O) groups is 1. The van der Waals surface area contributed by atoms with Gasteiger partial charge in [-0.2, -0.15) is 4.80 Å². The number of aryl methyl sites for hydroxylation is 1. The van der Waals surface area contributed by atoms with Gasteiger partial charge in [-0.05, 0) is 68.6 Å². The zero-order valence-corrected chi connectivity index (χ0v) is 13.7. The second kappa shape index (κ2) is 4.68. The first-order valence-electron chi connectivity index (χ1n) is 8.68. The summed E-state index contributed by atoms with van der Waals surface area (Å²) < 4.78 is 5.06. The topological polar surface area (TPSA) is 85.8 Å². The lowest BCUT2D eigenvalue weighted by molar-refractivity contribution is -0.0811. The minimum Gasteiger partial charge on any atom is -0.472 e. The third-order valence-electron chi connectivity index (χ3n) is 6.13. The molecule has 7 nitrogen and oxygen atoms in total. The molecule has 4 aliphatic rings. The fraction of sp³-hybridized carbons (Fsp3) is 0.647. The molecule has 0 radical (unpaired) electrons. The van der Waals surface area contributed by atoms with Crippen molar-refractivity contribution in [2.24, 2.45) is 11.8 Å². The van der Waals surface area contributed by atoms with E-state index in [4.69, 9.17) is 4.42 Å². The molecule has 4 aliphatic carbocycles. The molecule has 24 heavy (non-hydrogen) atoms. The molecule has 4 fully saturated rings. The van der Waals surface area contributed by atoms with Crippen LogP contribution in [0.3, 0.4) is 0 Å². The molecular weight excluding hydrogens is 306 g/mol. The highest BCUT2D eigenvalue weighted by Crippen LogP contribution is 2.60. The monoisotopic (exact) mass is 327 g/mol. The number of rotatable bonds is 3. The molecule has 4 bridgehead atoms. The Labute approximate surface area is 139 Å². The van der Waals surface area contributed by atoms with Crippen LogP contribution >= 0.6 is 0 Å². The molecule has 0 saturated heterocycles. The van der Waals surface area contributed by atoms with Crippen LogP contribution in [0, 0.1) is 18.8 Å². The highest BCUT2D eigenvalue weighted by molar-refractivity contribution is 5.94. The van der Waals surface area contributed by atoms with Crippen LogP contribution in [0.1, 0.15) is 54.7 Å². The zero-order valence-electron chi connectivity index (χ0n) is 13.7. The number of tetrazole rings is 1. The molecule has 0 aliphatic heterocycles. The fourth-order valence-electron chi connectivity index (χ4n) is 5.79. The summed E-state index contributed by atoms with van der Waals surface area (Å²) in [7, 11) is 0. The number of aromatic nitrogens is 4. The standard InChI is InChI=1S/C17H21N5O2/c1-11-19-21-22(20-11)17-7-12-4-13(8-17)6-16(5-12,10-17)18-15(23)14-2-3-24-9-14/h2-3,9,12-13H,4-8,10H2,1H3,(H,18,23)/t12-,13-,16?,17?/m1/s1. The highest BCUT2D eigenvalue weighted by Gasteiger charge is 2.60. The molecule has 126 valence electrons. The van der Waals surface area contributed by atoms with E-state index >= 15 is 0 Å². The average Bonchev–Trinajstić information content (AvgIpc) is 3.16. The second-order valence-electron chi connectivity index (χ2n) is 8.06. The van der Waals surface area contributed by atoms with E-state index in [1.807, 2.05) is 11.7 Å². The quantitative estimate of drug-likeness (QED) is 0.932. The molecule has 0 spiro atoms. The van der Waals surface area contributed by atoms with Gasteiger partial charge in [0.1, 0.15) is 6.26 Å². The summed E-state index contributed by atoms with van der Waals surface area (Å²) >= 11 is 0. The lowest BCUT2D eigenvalue weighted by Crippen LogP contribution is -2.66. The van der Waals surface area contributed by atoms with Crippen LogP contribution in [0.4, 0.5) is 0 Å². The Kier molecular flexibility index (Phi) is 2.76. The summed E-state index contributed by atoms with van der Waals surface area (Å²) in [6.07, 6.45) is 9.52. The maximum atomic E-state index is 12.6.